The molecule has 0 bridgehead atoms. The Hall–Kier alpha value is -1.81. The smallest absolute Gasteiger partial charge is 0.221 e. The molecular weight excluding hydrogens is 231 g/mol. The summed E-state index contributed by atoms with van der Waals surface area (Å²) in [6.45, 7) is 0. The summed E-state index contributed by atoms with van der Waals surface area (Å²) >= 11 is 5.54. The van der Waals surface area contributed by atoms with Gasteiger partial charge in [0.05, 0.1) is 5.02 Å². The van der Waals surface area contributed by atoms with Gasteiger partial charge in [-0.05, 0) is 18.2 Å². The normalized spacial score (nSPS) is 10.1. The summed E-state index contributed by atoms with van der Waals surface area (Å²) in [6, 6.07) is 7.34. The monoisotopic (exact) mass is 238 g/mol. The van der Waals surface area contributed by atoms with E-state index >= 15 is 0 Å². The van der Waals surface area contributed by atoms with Crippen molar-refractivity contribution in [1.82, 2.24) is 4.98 Å². The topological polar surface area (TPSA) is 48.1 Å². The highest BCUT2D eigenvalue weighted by Gasteiger charge is 2.03. The minimum Gasteiger partial charge on any atom is -0.439 e. The van der Waals surface area contributed by atoms with Crippen molar-refractivity contribution in [3.63, 3.8) is 0 Å². The van der Waals surface area contributed by atoms with Crippen LogP contribution in [-0.2, 0) is 0 Å². The van der Waals surface area contributed by atoms with Crippen molar-refractivity contribution in [1.29, 1.82) is 0 Å². The van der Waals surface area contributed by atoms with Crippen LogP contribution in [0.2, 0.25) is 5.02 Å². The number of anilines is 1. The highest BCUT2D eigenvalue weighted by atomic mass is 35.5. The van der Waals surface area contributed by atoms with Crippen molar-refractivity contribution in [2.75, 3.05) is 5.73 Å². The van der Waals surface area contributed by atoms with Crippen LogP contribution in [-0.4, -0.2) is 4.98 Å². The van der Waals surface area contributed by atoms with Gasteiger partial charge in [-0.2, -0.15) is 0 Å². The third-order valence-electron chi connectivity index (χ3n) is 1.87. The Bertz CT molecular complexity index is 519. The zero-order valence-corrected chi connectivity index (χ0v) is 8.91. The van der Waals surface area contributed by atoms with Gasteiger partial charge in [-0.3, -0.25) is 0 Å². The van der Waals surface area contributed by atoms with E-state index in [2.05, 4.69) is 4.98 Å². The number of nitrogen functional groups attached to an aromatic ring is 1. The lowest BCUT2D eigenvalue weighted by atomic mass is 10.3. The molecule has 0 saturated heterocycles. The maximum atomic E-state index is 13.1. The van der Waals surface area contributed by atoms with E-state index in [1.54, 1.807) is 18.2 Å². The van der Waals surface area contributed by atoms with E-state index in [1.807, 2.05) is 0 Å². The zero-order chi connectivity index (χ0) is 11.5. The third-order valence-corrected chi connectivity index (χ3v) is 2.18. The van der Waals surface area contributed by atoms with E-state index in [0.29, 0.717) is 17.3 Å². The van der Waals surface area contributed by atoms with Gasteiger partial charge in [0.15, 0.2) is 0 Å². The predicted molar refractivity (Wildman–Crippen MR) is 60.1 cm³/mol. The number of rotatable bonds is 2. The molecule has 2 rings (SSSR count). The Morgan fingerprint density at radius 1 is 1.25 bits per heavy atom. The average Bonchev–Trinajstić information content (AvgIpc) is 2.24. The average molecular weight is 239 g/mol. The molecule has 2 aromatic rings. The van der Waals surface area contributed by atoms with Crippen molar-refractivity contribution in [3.05, 3.63) is 47.4 Å². The molecule has 0 saturated carbocycles. The fraction of sp³-hybridized carbons (Fsp3) is 0. The van der Waals surface area contributed by atoms with Crippen molar-refractivity contribution >= 4 is 17.3 Å². The van der Waals surface area contributed by atoms with Crippen LogP contribution in [0.5, 0.6) is 11.6 Å². The molecule has 0 amide bonds. The van der Waals surface area contributed by atoms with E-state index in [0.717, 1.165) is 0 Å². The standard InChI is InChI=1S/C11H8ClFN2O/c12-9-2-1-8(6-10(9)13)16-11-5-7(14)3-4-15-11/h1-6H,(H2,14,15). The number of pyridine rings is 1. The summed E-state index contributed by atoms with van der Waals surface area (Å²) in [5.41, 5.74) is 6.08. The van der Waals surface area contributed by atoms with Gasteiger partial charge in [-0.25, -0.2) is 9.37 Å². The number of nitrogens with two attached hydrogens (primary N) is 1. The van der Waals surface area contributed by atoms with Gasteiger partial charge in [0.2, 0.25) is 5.88 Å². The van der Waals surface area contributed by atoms with E-state index < -0.39 is 5.82 Å². The lowest BCUT2D eigenvalue weighted by Crippen LogP contribution is -1.91. The molecule has 0 aliphatic heterocycles. The van der Waals surface area contributed by atoms with Gasteiger partial charge in [-0.1, -0.05) is 11.6 Å². The minimum absolute atomic E-state index is 0.0490. The largest absolute Gasteiger partial charge is 0.439 e. The summed E-state index contributed by atoms with van der Waals surface area (Å²) in [7, 11) is 0. The number of hydrogen-bond acceptors (Lipinski definition) is 3. The lowest BCUT2D eigenvalue weighted by molar-refractivity contribution is 0.458. The minimum atomic E-state index is -0.539. The molecule has 0 atom stereocenters. The highest BCUT2D eigenvalue weighted by Crippen LogP contribution is 2.24. The fourth-order valence-corrected chi connectivity index (χ4v) is 1.26. The highest BCUT2D eigenvalue weighted by molar-refractivity contribution is 6.30. The zero-order valence-electron chi connectivity index (χ0n) is 8.15. The molecule has 5 heteroatoms. The molecule has 16 heavy (non-hydrogen) atoms. The molecule has 2 N–H and O–H groups in total. The predicted octanol–water partition coefficient (Wildman–Crippen LogP) is 3.25. The molecule has 1 heterocycles. The molecule has 3 nitrogen and oxygen atoms in total. The maximum absolute atomic E-state index is 13.1. The molecule has 0 radical (unpaired) electrons. The lowest BCUT2D eigenvalue weighted by Gasteiger charge is -2.05. The first-order chi connectivity index (χ1) is 7.65. The molecule has 1 aromatic carbocycles. The summed E-state index contributed by atoms with van der Waals surface area (Å²) in [5, 5.41) is 0.0490. The van der Waals surface area contributed by atoms with Crippen LogP contribution in [0.25, 0.3) is 0 Å². The second-order valence-corrected chi connectivity index (χ2v) is 3.51. The number of benzene rings is 1. The van der Waals surface area contributed by atoms with Crippen molar-refractivity contribution in [2.24, 2.45) is 0 Å². The first-order valence-corrected chi connectivity index (χ1v) is 4.87. The van der Waals surface area contributed by atoms with Crippen LogP contribution in [0.15, 0.2) is 36.5 Å². The van der Waals surface area contributed by atoms with Crippen LogP contribution in [0, 0.1) is 5.82 Å². The molecule has 0 unspecified atom stereocenters. The Morgan fingerprint density at radius 3 is 2.75 bits per heavy atom. The molecule has 82 valence electrons. The fourth-order valence-electron chi connectivity index (χ4n) is 1.14. The molecule has 0 fully saturated rings. The molecule has 0 spiro atoms. The number of ether oxygens (including phenoxy) is 1. The van der Waals surface area contributed by atoms with Gasteiger partial charge in [0.1, 0.15) is 11.6 Å². The second-order valence-electron chi connectivity index (χ2n) is 3.11. The third kappa shape index (κ3) is 2.41. The number of nitrogens with zero attached hydrogens (tertiary/aromatic N) is 1. The van der Waals surface area contributed by atoms with Crippen LogP contribution in [0.4, 0.5) is 10.1 Å². The number of aromatic nitrogens is 1. The van der Waals surface area contributed by atoms with E-state index in [1.165, 1.54) is 18.3 Å². The van der Waals surface area contributed by atoms with Gasteiger partial charge < -0.3 is 10.5 Å². The molecule has 1 aromatic heterocycles. The van der Waals surface area contributed by atoms with Gasteiger partial charge in [0.25, 0.3) is 0 Å². The molecular formula is C11H8ClFN2O. The Kier molecular flexibility index (Phi) is 2.92. The van der Waals surface area contributed by atoms with Crippen LogP contribution in [0.3, 0.4) is 0 Å². The van der Waals surface area contributed by atoms with E-state index in [4.69, 9.17) is 22.1 Å². The number of halogens is 2. The summed E-state index contributed by atoms with van der Waals surface area (Å²) in [5.74, 6) is 0.0878. The Balaban J connectivity index is 2.24. The van der Waals surface area contributed by atoms with E-state index in [9.17, 15) is 4.39 Å². The van der Waals surface area contributed by atoms with Gasteiger partial charge in [-0.15, -0.1) is 0 Å². The van der Waals surface area contributed by atoms with Crippen LogP contribution >= 0.6 is 11.6 Å². The first kappa shape index (κ1) is 10.7. The van der Waals surface area contributed by atoms with Crippen molar-refractivity contribution < 1.29 is 9.13 Å². The summed E-state index contributed by atoms with van der Waals surface area (Å²) in [6.07, 6.45) is 1.51. The van der Waals surface area contributed by atoms with E-state index in [-0.39, 0.29) is 5.02 Å². The first-order valence-electron chi connectivity index (χ1n) is 4.49. The molecule has 0 aliphatic rings. The van der Waals surface area contributed by atoms with Gasteiger partial charge in [0, 0.05) is 24.0 Å². The Morgan fingerprint density at radius 2 is 2.06 bits per heavy atom. The molecule has 0 aliphatic carbocycles. The second kappa shape index (κ2) is 4.37. The maximum Gasteiger partial charge on any atom is 0.221 e. The van der Waals surface area contributed by atoms with Crippen LogP contribution in [0.1, 0.15) is 0 Å². The van der Waals surface area contributed by atoms with Crippen molar-refractivity contribution in [2.45, 2.75) is 0 Å². The van der Waals surface area contributed by atoms with Crippen molar-refractivity contribution in [3.8, 4) is 11.6 Å². The quantitative estimate of drug-likeness (QED) is 0.874. The summed E-state index contributed by atoms with van der Waals surface area (Å²) in [4.78, 5) is 3.93. The Labute approximate surface area is 96.6 Å². The van der Waals surface area contributed by atoms with Crippen LogP contribution < -0.4 is 10.5 Å². The summed E-state index contributed by atoms with van der Waals surface area (Å²) < 4.78 is 18.4. The SMILES string of the molecule is Nc1ccnc(Oc2ccc(Cl)c(F)c2)c1. The number of hydrogen-bond donors (Lipinski definition) is 1. The van der Waals surface area contributed by atoms with Gasteiger partial charge >= 0.3 is 0 Å².